The first-order valence-corrected chi connectivity index (χ1v) is 9.08. The zero-order valence-corrected chi connectivity index (χ0v) is 15.0. The number of carbonyl (C=O) groups excluding carboxylic acids is 2. The topological polar surface area (TPSA) is 75.4 Å². The number of fused-ring (bicyclic) bond motifs is 1. The van der Waals surface area contributed by atoms with Crippen LogP contribution in [0.1, 0.15) is 26.6 Å². The molecule has 1 aromatic carbocycles. The summed E-state index contributed by atoms with van der Waals surface area (Å²) in [5, 5.41) is 3.38. The molecule has 0 spiro atoms. The molecule has 26 heavy (non-hydrogen) atoms. The quantitative estimate of drug-likeness (QED) is 0.771. The molecular weight excluding hydrogens is 350 g/mol. The Balaban J connectivity index is 1.64. The molecule has 4 rings (SSSR count). The van der Waals surface area contributed by atoms with Crippen LogP contribution >= 0.6 is 11.3 Å². The molecule has 0 fully saturated rings. The zero-order chi connectivity index (χ0) is 18.1. The van der Waals surface area contributed by atoms with Crippen molar-refractivity contribution >= 4 is 28.3 Å². The maximum absolute atomic E-state index is 12.9. The van der Waals surface area contributed by atoms with E-state index in [0.717, 1.165) is 16.0 Å². The van der Waals surface area contributed by atoms with Gasteiger partial charge in [0.1, 0.15) is 6.04 Å². The van der Waals surface area contributed by atoms with Crippen LogP contribution in [-0.4, -0.2) is 27.7 Å². The molecule has 1 atom stereocenters. The molecule has 0 bridgehead atoms. The van der Waals surface area contributed by atoms with Gasteiger partial charge in [-0.2, -0.15) is 0 Å². The molecule has 1 unspecified atom stereocenters. The summed E-state index contributed by atoms with van der Waals surface area (Å²) in [7, 11) is 0. The van der Waals surface area contributed by atoms with Gasteiger partial charge in [-0.05, 0) is 30.2 Å². The van der Waals surface area contributed by atoms with Crippen molar-refractivity contribution in [2.24, 2.45) is 0 Å². The van der Waals surface area contributed by atoms with Crippen LogP contribution in [0, 0.1) is 6.92 Å². The summed E-state index contributed by atoms with van der Waals surface area (Å²) in [6.07, 6.45) is 3.62. The van der Waals surface area contributed by atoms with Crippen molar-refractivity contribution in [3.63, 3.8) is 0 Å². The Labute approximate surface area is 154 Å². The van der Waals surface area contributed by atoms with Crippen LogP contribution < -0.4 is 5.32 Å². The van der Waals surface area contributed by atoms with E-state index >= 15 is 0 Å². The SMILES string of the molecule is Cc1cnc(NC(=O)C2Cc3ccccc3CN2C(=O)c2ccco2)s1. The van der Waals surface area contributed by atoms with E-state index < -0.39 is 6.04 Å². The van der Waals surface area contributed by atoms with Crippen LogP contribution in [0.2, 0.25) is 0 Å². The van der Waals surface area contributed by atoms with E-state index in [1.54, 1.807) is 23.2 Å². The molecule has 1 aliphatic rings. The number of thiazole rings is 1. The molecule has 1 N–H and O–H groups in total. The molecule has 2 amide bonds. The van der Waals surface area contributed by atoms with Gasteiger partial charge in [0.25, 0.3) is 5.91 Å². The number of aryl methyl sites for hydroxylation is 1. The van der Waals surface area contributed by atoms with Crippen LogP contribution in [-0.2, 0) is 17.8 Å². The lowest BCUT2D eigenvalue weighted by Gasteiger charge is -2.35. The number of anilines is 1. The van der Waals surface area contributed by atoms with Crippen LogP contribution in [0.15, 0.2) is 53.3 Å². The molecule has 3 heterocycles. The molecule has 1 aliphatic heterocycles. The molecule has 0 saturated carbocycles. The third-order valence-electron chi connectivity index (χ3n) is 4.40. The summed E-state index contributed by atoms with van der Waals surface area (Å²) < 4.78 is 5.25. The molecule has 0 aliphatic carbocycles. The van der Waals surface area contributed by atoms with Crippen molar-refractivity contribution < 1.29 is 14.0 Å². The number of carbonyl (C=O) groups is 2. The molecule has 0 radical (unpaired) electrons. The van der Waals surface area contributed by atoms with Crippen molar-refractivity contribution in [2.45, 2.75) is 25.9 Å². The van der Waals surface area contributed by atoms with Crippen LogP contribution in [0.5, 0.6) is 0 Å². The maximum Gasteiger partial charge on any atom is 0.290 e. The number of rotatable bonds is 3. The monoisotopic (exact) mass is 367 g/mol. The highest BCUT2D eigenvalue weighted by atomic mass is 32.1. The minimum atomic E-state index is -0.619. The van der Waals surface area contributed by atoms with Gasteiger partial charge in [-0.3, -0.25) is 9.59 Å². The number of hydrogen-bond donors (Lipinski definition) is 1. The van der Waals surface area contributed by atoms with E-state index in [1.165, 1.54) is 17.6 Å². The molecule has 132 valence electrons. The fourth-order valence-corrected chi connectivity index (χ4v) is 3.78. The molecule has 6 nitrogen and oxygen atoms in total. The Morgan fingerprint density at radius 1 is 1.23 bits per heavy atom. The third kappa shape index (κ3) is 3.13. The van der Waals surface area contributed by atoms with Gasteiger partial charge >= 0.3 is 0 Å². The van der Waals surface area contributed by atoms with Gasteiger partial charge in [-0.1, -0.05) is 24.3 Å². The normalized spacial score (nSPS) is 16.2. The van der Waals surface area contributed by atoms with E-state index in [-0.39, 0.29) is 17.6 Å². The first kappa shape index (κ1) is 16.5. The fourth-order valence-electron chi connectivity index (χ4n) is 3.11. The number of benzene rings is 1. The van der Waals surface area contributed by atoms with E-state index in [2.05, 4.69) is 10.3 Å². The number of amides is 2. The van der Waals surface area contributed by atoms with Gasteiger partial charge in [0, 0.05) is 24.0 Å². The minimum Gasteiger partial charge on any atom is -0.459 e. The molecule has 7 heteroatoms. The Morgan fingerprint density at radius 2 is 2.04 bits per heavy atom. The number of aromatic nitrogens is 1. The van der Waals surface area contributed by atoms with Crippen LogP contribution in [0.25, 0.3) is 0 Å². The molecule has 2 aromatic heterocycles. The predicted octanol–water partition coefficient (Wildman–Crippen LogP) is 3.25. The smallest absolute Gasteiger partial charge is 0.290 e. The third-order valence-corrected chi connectivity index (χ3v) is 5.22. The Bertz CT molecular complexity index is 949. The first-order valence-electron chi connectivity index (χ1n) is 8.26. The summed E-state index contributed by atoms with van der Waals surface area (Å²) in [6, 6.07) is 10.5. The van der Waals surface area contributed by atoms with Gasteiger partial charge in [0.15, 0.2) is 10.9 Å². The highest BCUT2D eigenvalue weighted by Gasteiger charge is 2.36. The van der Waals surface area contributed by atoms with Crippen molar-refractivity contribution in [1.82, 2.24) is 9.88 Å². The summed E-state index contributed by atoms with van der Waals surface area (Å²) in [5.74, 6) is -0.305. The second kappa shape index (κ2) is 6.76. The highest BCUT2D eigenvalue weighted by Crippen LogP contribution is 2.26. The van der Waals surface area contributed by atoms with Gasteiger partial charge in [-0.25, -0.2) is 4.98 Å². The van der Waals surface area contributed by atoms with E-state index in [4.69, 9.17) is 4.42 Å². The standard InChI is InChI=1S/C19H17N3O3S/c1-12-10-20-19(26-12)21-17(23)15-9-13-5-2-3-6-14(13)11-22(15)18(24)16-7-4-8-25-16/h2-8,10,15H,9,11H2,1H3,(H,20,21,23). The number of nitrogens with zero attached hydrogens (tertiary/aromatic N) is 2. The summed E-state index contributed by atoms with van der Waals surface area (Å²) in [5.41, 5.74) is 2.12. The number of hydrogen-bond acceptors (Lipinski definition) is 5. The maximum atomic E-state index is 12.9. The van der Waals surface area contributed by atoms with E-state index in [0.29, 0.717) is 18.1 Å². The molecular formula is C19H17N3O3S. The second-order valence-corrected chi connectivity index (χ2v) is 7.40. The lowest BCUT2D eigenvalue weighted by Crippen LogP contribution is -2.50. The highest BCUT2D eigenvalue weighted by molar-refractivity contribution is 7.15. The van der Waals surface area contributed by atoms with Crippen molar-refractivity contribution in [2.75, 3.05) is 5.32 Å². The lowest BCUT2D eigenvalue weighted by atomic mass is 9.93. The largest absolute Gasteiger partial charge is 0.459 e. The van der Waals surface area contributed by atoms with Crippen LogP contribution in [0.4, 0.5) is 5.13 Å². The van der Waals surface area contributed by atoms with Gasteiger partial charge in [0.2, 0.25) is 5.91 Å². The van der Waals surface area contributed by atoms with Gasteiger partial charge in [-0.15, -0.1) is 11.3 Å². The van der Waals surface area contributed by atoms with E-state index in [9.17, 15) is 9.59 Å². The predicted molar refractivity (Wildman–Crippen MR) is 98.0 cm³/mol. The summed E-state index contributed by atoms with van der Waals surface area (Å²) >= 11 is 1.41. The average Bonchev–Trinajstić information content (AvgIpc) is 3.32. The van der Waals surface area contributed by atoms with Crippen molar-refractivity contribution in [3.8, 4) is 0 Å². The Hall–Kier alpha value is -2.93. The zero-order valence-electron chi connectivity index (χ0n) is 14.1. The minimum absolute atomic E-state index is 0.229. The molecule has 0 saturated heterocycles. The Morgan fingerprint density at radius 3 is 2.73 bits per heavy atom. The van der Waals surface area contributed by atoms with Crippen molar-refractivity contribution in [1.29, 1.82) is 0 Å². The molecule has 3 aromatic rings. The summed E-state index contributed by atoms with van der Waals surface area (Å²) in [6.45, 7) is 2.29. The lowest BCUT2D eigenvalue weighted by molar-refractivity contribution is -0.121. The van der Waals surface area contributed by atoms with Crippen molar-refractivity contribution in [3.05, 3.63) is 70.6 Å². The first-order chi connectivity index (χ1) is 12.6. The number of furan rings is 1. The average molecular weight is 367 g/mol. The van der Waals surface area contributed by atoms with Crippen LogP contribution in [0.3, 0.4) is 0 Å². The summed E-state index contributed by atoms with van der Waals surface area (Å²) in [4.78, 5) is 32.5. The van der Waals surface area contributed by atoms with E-state index in [1.807, 2.05) is 31.2 Å². The van der Waals surface area contributed by atoms with Gasteiger partial charge in [0.05, 0.1) is 6.26 Å². The fraction of sp³-hybridized carbons (Fsp3) is 0.211. The second-order valence-electron chi connectivity index (χ2n) is 6.16. The van der Waals surface area contributed by atoms with Gasteiger partial charge < -0.3 is 14.6 Å². The Kier molecular flexibility index (Phi) is 4.30. The number of nitrogens with one attached hydrogen (secondary N) is 1.